The van der Waals surface area contributed by atoms with Crippen molar-refractivity contribution in [2.45, 2.75) is 6.92 Å². The summed E-state index contributed by atoms with van der Waals surface area (Å²) in [6.45, 7) is 5.77. The molecule has 0 spiro atoms. The Labute approximate surface area is 121 Å². The van der Waals surface area contributed by atoms with Gasteiger partial charge < -0.3 is 4.90 Å². The molecule has 0 heterocycles. The van der Waals surface area contributed by atoms with Crippen LogP contribution in [-0.2, 0) is 0 Å². The zero-order valence-electron chi connectivity index (χ0n) is 11.7. The molecule has 0 N–H and O–H groups in total. The smallest absolute Gasteiger partial charge is 0.0455 e. The van der Waals surface area contributed by atoms with Gasteiger partial charge >= 0.3 is 0 Å². The predicted octanol–water partition coefficient (Wildman–Crippen LogP) is 5.39. The maximum absolute atomic E-state index is 3.67. The number of hydrogen-bond acceptors (Lipinski definition) is 1. The molecule has 0 amide bonds. The summed E-state index contributed by atoms with van der Waals surface area (Å²) in [5.74, 6) is 0. The molecule has 0 saturated carbocycles. The molecule has 0 aliphatic carbocycles. The Morgan fingerprint density at radius 2 is 1.45 bits per heavy atom. The number of nitrogens with zero attached hydrogens (tertiary/aromatic N) is 1. The first-order valence-electron chi connectivity index (χ1n) is 6.68. The highest BCUT2D eigenvalue weighted by Crippen LogP contribution is 2.25. The van der Waals surface area contributed by atoms with E-state index in [2.05, 4.69) is 61.0 Å². The van der Waals surface area contributed by atoms with Crippen molar-refractivity contribution in [1.29, 1.82) is 0 Å². The van der Waals surface area contributed by atoms with Crippen LogP contribution in [0, 0.1) is 6.92 Å². The van der Waals surface area contributed by atoms with Crippen LogP contribution in [0.5, 0.6) is 0 Å². The monoisotopic (exact) mass is 261 g/mol. The van der Waals surface area contributed by atoms with Crippen LogP contribution in [0.25, 0.3) is 0 Å². The summed E-state index contributed by atoms with van der Waals surface area (Å²) in [6, 6.07) is 18.8. The van der Waals surface area contributed by atoms with Gasteiger partial charge in [0, 0.05) is 17.6 Å². The fraction of sp³-hybridized carbons (Fsp3) is 0.0526. The molecule has 0 saturated heterocycles. The minimum absolute atomic E-state index is 1.14. The van der Waals surface area contributed by atoms with Crippen LogP contribution in [0.15, 0.2) is 91.7 Å². The van der Waals surface area contributed by atoms with Crippen molar-refractivity contribution in [3.8, 4) is 0 Å². The quantitative estimate of drug-likeness (QED) is 0.652. The van der Waals surface area contributed by atoms with Crippen molar-refractivity contribution in [3.63, 3.8) is 0 Å². The second-order valence-corrected chi connectivity index (χ2v) is 4.50. The lowest BCUT2D eigenvalue weighted by Gasteiger charge is -2.20. The highest BCUT2D eigenvalue weighted by molar-refractivity contribution is 5.66. The van der Waals surface area contributed by atoms with E-state index in [1.165, 1.54) is 5.56 Å². The lowest BCUT2D eigenvalue weighted by atomic mass is 10.2. The van der Waals surface area contributed by atoms with Crippen LogP contribution >= 0.6 is 0 Å². The Balaban J connectivity index is 2.33. The Hall–Kier alpha value is -2.54. The molecular formula is C19H19N. The maximum Gasteiger partial charge on any atom is 0.0455 e. The summed E-state index contributed by atoms with van der Waals surface area (Å²) in [7, 11) is 0. The fourth-order valence-electron chi connectivity index (χ4n) is 1.89. The summed E-state index contributed by atoms with van der Waals surface area (Å²) in [5.41, 5.74) is 3.54. The van der Waals surface area contributed by atoms with Crippen LogP contribution in [0.4, 0.5) is 11.4 Å². The van der Waals surface area contributed by atoms with Gasteiger partial charge in [-0.3, -0.25) is 0 Å². The van der Waals surface area contributed by atoms with Crippen molar-refractivity contribution in [3.05, 3.63) is 97.2 Å². The first-order valence-corrected chi connectivity index (χ1v) is 6.68. The molecule has 1 heteroatoms. The van der Waals surface area contributed by atoms with Gasteiger partial charge in [0.05, 0.1) is 0 Å². The van der Waals surface area contributed by atoms with Crippen molar-refractivity contribution >= 4 is 11.4 Å². The minimum Gasteiger partial charge on any atom is -0.317 e. The topological polar surface area (TPSA) is 3.24 Å². The second-order valence-electron chi connectivity index (χ2n) is 4.50. The van der Waals surface area contributed by atoms with E-state index in [0.717, 1.165) is 11.4 Å². The third kappa shape index (κ3) is 3.72. The van der Waals surface area contributed by atoms with Gasteiger partial charge in [-0.15, -0.1) is 0 Å². The average Bonchev–Trinajstić information content (AvgIpc) is 2.50. The first kappa shape index (κ1) is 13.9. The van der Waals surface area contributed by atoms with E-state index in [1.54, 1.807) is 6.08 Å². The number of anilines is 2. The molecule has 1 nitrogen and oxygen atoms in total. The standard InChI is InChI=1S/C19H19N/c1-3-4-5-9-16-20(18-10-7-6-8-11-18)19-14-12-17(2)13-15-19/h3-16H,1H2,2H3/b5-4-,16-9+. The van der Waals surface area contributed by atoms with E-state index in [4.69, 9.17) is 0 Å². The van der Waals surface area contributed by atoms with Crippen molar-refractivity contribution in [2.75, 3.05) is 4.90 Å². The maximum atomic E-state index is 3.67. The normalized spacial score (nSPS) is 11.1. The number of allylic oxidation sites excluding steroid dienone is 4. The molecule has 0 aliphatic heterocycles. The number of benzene rings is 2. The van der Waals surface area contributed by atoms with Crippen LogP contribution in [0.2, 0.25) is 0 Å². The molecule has 0 unspecified atom stereocenters. The average molecular weight is 261 g/mol. The number of aryl methyl sites for hydroxylation is 1. The van der Waals surface area contributed by atoms with E-state index in [0.29, 0.717) is 0 Å². The van der Waals surface area contributed by atoms with E-state index in [1.807, 2.05) is 36.4 Å². The summed E-state index contributed by atoms with van der Waals surface area (Å²) in [6.07, 6.45) is 9.71. The van der Waals surface area contributed by atoms with Gasteiger partial charge in [-0.05, 0) is 37.3 Å². The van der Waals surface area contributed by atoms with Crippen LogP contribution in [0.3, 0.4) is 0 Å². The van der Waals surface area contributed by atoms with E-state index in [-0.39, 0.29) is 0 Å². The van der Waals surface area contributed by atoms with E-state index < -0.39 is 0 Å². The van der Waals surface area contributed by atoms with Gasteiger partial charge in [-0.2, -0.15) is 0 Å². The molecule has 0 aliphatic rings. The molecule has 100 valence electrons. The van der Waals surface area contributed by atoms with Crippen molar-refractivity contribution < 1.29 is 0 Å². The molecule has 2 aromatic carbocycles. The Bertz CT molecular complexity index is 591. The molecule has 20 heavy (non-hydrogen) atoms. The molecule has 0 radical (unpaired) electrons. The zero-order chi connectivity index (χ0) is 14.2. The molecule has 0 fully saturated rings. The van der Waals surface area contributed by atoms with Crippen molar-refractivity contribution in [2.24, 2.45) is 0 Å². The molecule has 0 aromatic heterocycles. The predicted molar refractivity (Wildman–Crippen MR) is 88.2 cm³/mol. The second kappa shape index (κ2) is 7.15. The third-order valence-electron chi connectivity index (χ3n) is 2.94. The lowest BCUT2D eigenvalue weighted by molar-refractivity contribution is 1.27. The molecule has 2 rings (SSSR count). The van der Waals surface area contributed by atoms with Gasteiger partial charge in [0.25, 0.3) is 0 Å². The zero-order valence-corrected chi connectivity index (χ0v) is 11.7. The first-order chi connectivity index (χ1) is 9.81. The molecule has 2 aromatic rings. The third-order valence-corrected chi connectivity index (χ3v) is 2.94. The Morgan fingerprint density at radius 3 is 2.10 bits per heavy atom. The van der Waals surface area contributed by atoms with Crippen LogP contribution < -0.4 is 4.90 Å². The Morgan fingerprint density at radius 1 is 0.800 bits per heavy atom. The van der Waals surface area contributed by atoms with Gasteiger partial charge in [-0.25, -0.2) is 0 Å². The summed E-state index contributed by atoms with van der Waals surface area (Å²) in [4.78, 5) is 2.16. The van der Waals surface area contributed by atoms with Gasteiger partial charge in [0.15, 0.2) is 0 Å². The summed E-state index contributed by atoms with van der Waals surface area (Å²) >= 11 is 0. The summed E-state index contributed by atoms with van der Waals surface area (Å²) < 4.78 is 0. The minimum atomic E-state index is 1.14. The van der Waals surface area contributed by atoms with Crippen LogP contribution in [-0.4, -0.2) is 0 Å². The molecular weight excluding hydrogens is 242 g/mol. The SMILES string of the molecule is C=C/C=C\C=C\N(c1ccccc1)c1ccc(C)cc1. The fourth-order valence-corrected chi connectivity index (χ4v) is 1.89. The van der Waals surface area contributed by atoms with Crippen LogP contribution in [0.1, 0.15) is 5.56 Å². The highest BCUT2D eigenvalue weighted by Gasteiger charge is 2.04. The van der Waals surface area contributed by atoms with E-state index >= 15 is 0 Å². The largest absolute Gasteiger partial charge is 0.317 e. The van der Waals surface area contributed by atoms with Crippen molar-refractivity contribution in [1.82, 2.24) is 0 Å². The summed E-state index contributed by atoms with van der Waals surface area (Å²) in [5, 5.41) is 0. The molecule has 0 bridgehead atoms. The van der Waals surface area contributed by atoms with Gasteiger partial charge in [-0.1, -0.05) is 60.7 Å². The molecule has 0 atom stereocenters. The van der Waals surface area contributed by atoms with E-state index in [9.17, 15) is 0 Å². The Kier molecular flexibility index (Phi) is 4.96. The number of hydrogen-bond donors (Lipinski definition) is 0. The van der Waals surface area contributed by atoms with Gasteiger partial charge in [0.1, 0.15) is 0 Å². The van der Waals surface area contributed by atoms with Gasteiger partial charge in [0.2, 0.25) is 0 Å². The highest BCUT2D eigenvalue weighted by atomic mass is 15.1. The number of rotatable bonds is 5. The lowest BCUT2D eigenvalue weighted by Crippen LogP contribution is -2.07. The number of para-hydroxylation sites is 1.